The fourth-order valence-electron chi connectivity index (χ4n) is 7.49. The van der Waals surface area contributed by atoms with E-state index in [9.17, 15) is 29.4 Å². The van der Waals surface area contributed by atoms with E-state index in [0.717, 1.165) is 44.1 Å². The number of aromatic amines is 1. The summed E-state index contributed by atoms with van der Waals surface area (Å²) in [5, 5.41) is 32.6. The quantitative estimate of drug-likeness (QED) is 0.0726. The molecule has 0 saturated heterocycles. The third-order valence-electron chi connectivity index (χ3n) is 10.7. The molecule has 294 valence electrons. The van der Waals surface area contributed by atoms with Crippen LogP contribution in [0.3, 0.4) is 0 Å². The summed E-state index contributed by atoms with van der Waals surface area (Å²) < 4.78 is 0. The van der Waals surface area contributed by atoms with Gasteiger partial charge in [0, 0.05) is 37.7 Å². The van der Waals surface area contributed by atoms with Gasteiger partial charge in [0.2, 0.25) is 17.7 Å². The molecule has 0 radical (unpaired) electrons. The number of aromatic nitrogens is 2. The van der Waals surface area contributed by atoms with Crippen LogP contribution in [0.4, 0.5) is 4.79 Å². The van der Waals surface area contributed by atoms with Gasteiger partial charge in [0.05, 0.1) is 18.5 Å². The Balaban J connectivity index is 1.42. The number of aliphatic hydroxyl groups is 1. The van der Waals surface area contributed by atoms with Gasteiger partial charge in [-0.1, -0.05) is 107 Å². The van der Waals surface area contributed by atoms with Crippen LogP contribution in [0.1, 0.15) is 94.9 Å². The Morgan fingerprint density at radius 1 is 0.852 bits per heavy atom. The van der Waals surface area contributed by atoms with Crippen LogP contribution in [0.25, 0.3) is 0 Å². The Hall–Kier alpha value is -4.71. The van der Waals surface area contributed by atoms with Gasteiger partial charge in [-0.25, -0.2) is 9.78 Å². The summed E-state index contributed by atoms with van der Waals surface area (Å²) in [4.78, 5) is 59.2. The van der Waals surface area contributed by atoms with E-state index < -0.39 is 42.1 Å². The lowest BCUT2D eigenvalue weighted by Gasteiger charge is -2.34. The van der Waals surface area contributed by atoms with Crippen molar-refractivity contribution in [2.45, 2.75) is 122 Å². The zero-order valence-corrected chi connectivity index (χ0v) is 31.8. The van der Waals surface area contributed by atoms with E-state index in [-0.39, 0.29) is 30.6 Å². The molecule has 0 aliphatic heterocycles. The van der Waals surface area contributed by atoms with Crippen LogP contribution in [-0.4, -0.2) is 74.8 Å². The Morgan fingerprint density at radius 3 is 2.13 bits per heavy atom. The number of imidazole rings is 1. The van der Waals surface area contributed by atoms with E-state index in [1.165, 1.54) is 18.3 Å². The molecule has 5 atom stereocenters. The Morgan fingerprint density at radius 2 is 1.50 bits per heavy atom. The molecule has 7 N–H and O–H groups in total. The minimum atomic E-state index is -1.35. The van der Waals surface area contributed by atoms with Crippen LogP contribution in [0.5, 0.6) is 0 Å². The van der Waals surface area contributed by atoms with Crippen LogP contribution in [0, 0.1) is 17.8 Å². The second kappa shape index (κ2) is 22.5. The molecule has 1 aliphatic carbocycles. The molecule has 12 heteroatoms. The highest BCUT2D eigenvalue weighted by Crippen LogP contribution is 2.31. The van der Waals surface area contributed by atoms with Crippen LogP contribution < -0.4 is 21.3 Å². The first-order valence-electron chi connectivity index (χ1n) is 19.7. The van der Waals surface area contributed by atoms with Crippen molar-refractivity contribution in [3.63, 3.8) is 0 Å². The van der Waals surface area contributed by atoms with Crippen LogP contribution in [0.15, 0.2) is 73.2 Å². The summed E-state index contributed by atoms with van der Waals surface area (Å²) in [6.45, 7) is 4.83. The highest BCUT2D eigenvalue weighted by Gasteiger charge is 2.33. The van der Waals surface area contributed by atoms with Crippen molar-refractivity contribution in [1.29, 1.82) is 0 Å². The number of rotatable bonds is 22. The van der Waals surface area contributed by atoms with Gasteiger partial charge in [0.15, 0.2) is 0 Å². The largest absolute Gasteiger partial charge is 0.465 e. The van der Waals surface area contributed by atoms with E-state index in [2.05, 4.69) is 45.1 Å². The predicted octanol–water partition coefficient (Wildman–Crippen LogP) is 5.32. The third kappa shape index (κ3) is 15.0. The van der Waals surface area contributed by atoms with E-state index in [4.69, 9.17) is 0 Å². The van der Waals surface area contributed by atoms with Gasteiger partial charge in [0.25, 0.3) is 0 Å². The summed E-state index contributed by atoms with van der Waals surface area (Å²) in [5.74, 6) is -0.335. The van der Waals surface area contributed by atoms with Gasteiger partial charge in [0.1, 0.15) is 12.1 Å². The lowest BCUT2D eigenvalue weighted by Crippen LogP contribution is -2.57. The maximum absolute atomic E-state index is 14.2. The molecule has 0 unspecified atom stereocenters. The maximum Gasteiger partial charge on any atom is 0.405 e. The van der Waals surface area contributed by atoms with Crippen LogP contribution in [0.2, 0.25) is 0 Å². The first-order valence-corrected chi connectivity index (χ1v) is 19.7. The fourth-order valence-corrected chi connectivity index (χ4v) is 7.49. The number of nitrogens with zero attached hydrogens (tertiary/aromatic N) is 1. The zero-order valence-electron chi connectivity index (χ0n) is 31.8. The summed E-state index contributed by atoms with van der Waals surface area (Å²) in [5.41, 5.74) is 2.56. The van der Waals surface area contributed by atoms with Gasteiger partial charge in [-0.15, -0.1) is 0 Å². The highest BCUT2D eigenvalue weighted by molar-refractivity contribution is 5.91. The van der Waals surface area contributed by atoms with E-state index in [0.29, 0.717) is 43.8 Å². The summed E-state index contributed by atoms with van der Waals surface area (Å²) in [7, 11) is 0. The Labute approximate surface area is 319 Å². The lowest BCUT2D eigenvalue weighted by atomic mass is 9.80. The molecule has 1 aromatic heterocycles. The molecule has 1 saturated carbocycles. The van der Waals surface area contributed by atoms with Gasteiger partial charge in [-0.05, 0) is 61.0 Å². The van der Waals surface area contributed by atoms with Crippen LogP contribution >= 0.6 is 0 Å². The maximum atomic E-state index is 14.2. The highest BCUT2D eigenvalue weighted by atomic mass is 16.4. The van der Waals surface area contributed by atoms with Gasteiger partial charge in [-0.3, -0.25) is 14.4 Å². The number of hydrogen-bond acceptors (Lipinski definition) is 6. The van der Waals surface area contributed by atoms with Crippen molar-refractivity contribution < 1.29 is 29.4 Å². The molecule has 3 aromatic rings. The summed E-state index contributed by atoms with van der Waals surface area (Å²) >= 11 is 0. The first kappa shape index (κ1) is 42.0. The number of H-pyrrole nitrogens is 1. The van der Waals surface area contributed by atoms with Gasteiger partial charge < -0.3 is 36.5 Å². The third-order valence-corrected chi connectivity index (χ3v) is 10.7. The number of amides is 4. The minimum Gasteiger partial charge on any atom is -0.465 e. The smallest absolute Gasteiger partial charge is 0.405 e. The monoisotopic (exact) mass is 744 g/mol. The fraction of sp³-hybridized carbons (Fsp3) is 0.548. The van der Waals surface area contributed by atoms with Crippen molar-refractivity contribution in [2.24, 2.45) is 17.8 Å². The number of nitrogens with one attached hydrogen (secondary N) is 5. The molecule has 2 aromatic carbocycles. The standard InChI is InChI=1S/C42H60N6O6/c1-29(2)33(19-12-20-39(50)44-22-21-30-13-6-3-7-14-30)25-38(49)35(23-31-15-8-4-9-16-31)46-41(52)37(26-34-27-43-28-45-34)47-40(51)36(48-42(53)54)24-32-17-10-5-11-18-32/h3,5-7,10-11,13-14,17-18,27-29,31,33,35-38,48-49H,4,8-9,12,15-16,19-26H2,1-2H3,(H,43,45)(H,44,50)(H,46,52)(H,47,51)(H,53,54)/t33-,35-,36-,37-,38-/m0/s1. The Kier molecular flexibility index (Phi) is 17.5. The first-order chi connectivity index (χ1) is 26.1. The molecule has 1 fully saturated rings. The average Bonchev–Trinajstić information content (AvgIpc) is 3.68. The van der Waals surface area contributed by atoms with Crippen molar-refractivity contribution in [3.05, 3.63) is 90.0 Å². The van der Waals surface area contributed by atoms with Gasteiger partial charge in [-0.2, -0.15) is 0 Å². The summed E-state index contributed by atoms with van der Waals surface area (Å²) in [6.07, 6.45) is 10.3. The molecule has 1 aliphatic rings. The number of hydrogen-bond donors (Lipinski definition) is 7. The number of benzene rings is 2. The molecule has 54 heavy (non-hydrogen) atoms. The minimum absolute atomic E-state index is 0.0198. The number of carbonyl (C=O) groups is 4. The Bertz CT molecular complexity index is 1550. The topological polar surface area (TPSA) is 186 Å². The summed E-state index contributed by atoms with van der Waals surface area (Å²) in [6, 6.07) is 16.4. The van der Waals surface area contributed by atoms with E-state index >= 15 is 0 Å². The SMILES string of the molecule is CC(C)[C@@H](CCCC(=O)NCCc1ccccc1)C[C@H](O)[C@H](CC1CCCCC1)NC(=O)[C@H](Cc1cnc[nH]1)NC(=O)[C@H](Cc1ccccc1)NC(=O)O. The predicted molar refractivity (Wildman–Crippen MR) is 208 cm³/mol. The van der Waals surface area contributed by atoms with Crippen molar-refractivity contribution in [2.75, 3.05) is 6.54 Å². The molecule has 0 bridgehead atoms. The average molecular weight is 745 g/mol. The lowest BCUT2D eigenvalue weighted by molar-refractivity contribution is -0.131. The normalized spacial score (nSPS) is 16.1. The molecule has 0 spiro atoms. The van der Waals surface area contributed by atoms with Crippen molar-refractivity contribution >= 4 is 23.8 Å². The van der Waals surface area contributed by atoms with E-state index in [1.54, 1.807) is 6.20 Å². The van der Waals surface area contributed by atoms with E-state index in [1.807, 2.05) is 60.7 Å². The van der Waals surface area contributed by atoms with Crippen molar-refractivity contribution in [1.82, 2.24) is 31.2 Å². The molecular formula is C42H60N6O6. The number of aliphatic hydroxyl groups excluding tert-OH is 1. The molecule has 1 heterocycles. The number of carboxylic acid groups (broad SMARTS) is 1. The van der Waals surface area contributed by atoms with Crippen molar-refractivity contribution in [3.8, 4) is 0 Å². The van der Waals surface area contributed by atoms with Gasteiger partial charge >= 0.3 is 6.09 Å². The zero-order chi connectivity index (χ0) is 38.7. The molecule has 12 nitrogen and oxygen atoms in total. The molecule has 4 rings (SSSR count). The molecule has 4 amide bonds. The number of carbonyl (C=O) groups excluding carboxylic acids is 3. The second-order valence-electron chi connectivity index (χ2n) is 15.2. The van der Waals surface area contributed by atoms with Crippen LogP contribution in [-0.2, 0) is 33.6 Å². The molecular weight excluding hydrogens is 684 g/mol. The second-order valence-corrected chi connectivity index (χ2v) is 15.2.